The Labute approximate surface area is 67.3 Å². The molecule has 0 unspecified atom stereocenters. The van der Waals surface area contributed by atoms with Crippen molar-refractivity contribution in [2.75, 3.05) is 0 Å². The van der Waals surface area contributed by atoms with E-state index in [2.05, 4.69) is 52.4 Å². The molecule has 0 heterocycles. The summed E-state index contributed by atoms with van der Waals surface area (Å²) in [6.45, 7) is 4.37. The minimum absolute atomic E-state index is 0.366. The lowest BCUT2D eigenvalue weighted by molar-refractivity contribution is 0.782. The van der Waals surface area contributed by atoms with E-state index >= 15 is 0 Å². The monoisotopic (exact) mass is 276 g/mol. The number of alkyl halides is 2. The Morgan fingerprint density at radius 1 is 1.43 bits per heavy atom. The van der Waals surface area contributed by atoms with Crippen LogP contribution in [-0.2, 0) is 0 Å². The Balaban J connectivity index is 3.36. The van der Waals surface area contributed by atoms with Gasteiger partial charge in [-0.1, -0.05) is 52.4 Å². The first-order chi connectivity index (χ1) is 3.12. The lowest BCUT2D eigenvalue weighted by Crippen LogP contribution is -2.04. The van der Waals surface area contributed by atoms with E-state index in [9.17, 15) is 0 Å². The fraction of sp³-hybridized carbons (Fsp3) is 1.00. The van der Waals surface area contributed by atoms with Gasteiger partial charge in [-0.05, 0) is 12.8 Å². The predicted molar refractivity (Wildman–Crippen MR) is 46.3 cm³/mol. The van der Waals surface area contributed by atoms with Crippen molar-refractivity contribution in [1.29, 1.82) is 0 Å². The van der Waals surface area contributed by atoms with Crippen molar-refractivity contribution in [1.82, 2.24) is 0 Å². The van der Waals surface area contributed by atoms with Crippen molar-refractivity contribution in [3.63, 3.8) is 0 Å². The van der Waals surface area contributed by atoms with Gasteiger partial charge in [0, 0.05) is 0 Å². The van der Waals surface area contributed by atoms with E-state index in [0.29, 0.717) is 2.33 Å². The van der Waals surface area contributed by atoms with E-state index in [4.69, 9.17) is 0 Å². The Kier molecular flexibility index (Phi) is 3.84. The molecule has 0 bridgehead atoms. The van der Waals surface area contributed by atoms with Crippen molar-refractivity contribution >= 4 is 38.5 Å². The van der Waals surface area contributed by atoms with Crippen LogP contribution in [0.25, 0.3) is 0 Å². The molecule has 0 rings (SSSR count). The van der Waals surface area contributed by atoms with Crippen molar-refractivity contribution in [3.05, 3.63) is 0 Å². The second-order valence-electron chi connectivity index (χ2n) is 1.56. The van der Waals surface area contributed by atoms with Crippen LogP contribution in [0.1, 0.15) is 26.7 Å². The number of rotatable bonds is 2. The summed E-state index contributed by atoms with van der Waals surface area (Å²) < 4.78 is 0.366. The van der Waals surface area contributed by atoms with Crippen molar-refractivity contribution < 1.29 is 0 Å². The molecule has 0 atom stereocenters. The Bertz CT molecular complexity index is 46.0. The zero-order chi connectivity index (χ0) is 5.91. The van der Waals surface area contributed by atoms with Crippen LogP contribution in [0.4, 0.5) is 0 Å². The molecule has 0 N–H and O–H groups in total. The van der Waals surface area contributed by atoms with Crippen LogP contribution in [0.2, 0.25) is 0 Å². The molecule has 44 valence electrons. The van der Waals surface area contributed by atoms with Gasteiger partial charge < -0.3 is 0 Å². The summed E-state index contributed by atoms with van der Waals surface area (Å²) in [5.74, 6) is 0. The molecule has 2 heteroatoms. The minimum atomic E-state index is 0.366. The van der Waals surface area contributed by atoms with Gasteiger partial charge in [0.1, 0.15) is 0 Å². The lowest BCUT2D eigenvalue weighted by Gasteiger charge is -2.13. The molecular formula is C5H10BrI. The van der Waals surface area contributed by atoms with Crippen molar-refractivity contribution in [3.8, 4) is 0 Å². The summed E-state index contributed by atoms with van der Waals surface area (Å²) >= 11 is 5.99. The summed E-state index contributed by atoms with van der Waals surface area (Å²) in [4.78, 5) is 0. The van der Waals surface area contributed by atoms with Gasteiger partial charge in [0.15, 0.2) is 0 Å². The van der Waals surface area contributed by atoms with Gasteiger partial charge in [-0.15, -0.1) is 0 Å². The topological polar surface area (TPSA) is 0 Å². The minimum Gasteiger partial charge on any atom is -0.0737 e. The van der Waals surface area contributed by atoms with Crippen LogP contribution in [-0.4, -0.2) is 2.33 Å². The van der Waals surface area contributed by atoms with E-state index in [1.165, 1.54) is 12.8 Å². The standard InChI is InChI=1S/C5H10BrI/c1-3-5(6,7)4-2/h3-4H2,1-2H3. The molecule has 0 aliphatic rings. The number of hydrogen-bond donors (Lipinski definition) is 0. The van der Waals surface area contributed by atoms with Crippen molar-refractivity contribution in [2.45, 2.75) is 29.0 Å². The molecule has 0 saturated carbocycles. The molecule has 0 spiro atoms. The Morgan fingerprint density at radius 2 is 1.71 bits per heavy atom. The highest BCUT2D eigenvalue weighted by Crippen LogP contribution is 2.33. The fourth-order valence-electron chi connectivity index (χ4n) is 0.250. The second-order valence-corrected chi connectivity index (χ2v) is 6.63. The zero-order valence-electron chi connectivity index (χ0n) is 4.67. The maximum absolute atomic E-state index is 3.57. The molecule has 7 heavy (non-hydrogen) atoms. The lowest BCUT2D eigenvalue weighted by atomic mass is 10.3. The summed E-state index contributed by atoms with van der Waals surface area (Å²) in [7, 11) is 0. The summed E-state index contributed by atoms with van der Waals surface area (Å²) in [5, 5.41) is 0. The second kappa shape index (κ2) is 3.28. The number of hydrogen-bond acceptors (Lipinski definition) is 0. The smallest absolute Gasteiger partial charge is 0.0737 e. The third-order valence-electron chi connectivity index (χ3n) is 1.03. The Morgan fingerprint density at radius 3 is 1.71 bits per heavy atom. The van der Waals surface area contributed by atoms with Gasteiger partial charge in [0.05, 0.1) is 2.33 Å². The highest BCUT2D eigenvalue weighted by atomic mass is 127. The SMILES string of the molecule is CCC(Br)(I)CC. The van der Waals surface area contributed by atoms with Gasteiger partial charge in [0.2, 0.25) is 0 Å². The van der Waals surface area contributed by atoms with Crippen LogP contribution in [0, 0.1) is 0 Å². The van der Waals surface area contributed by atoms with E-state index < -0.39 is 0 Å². The third kappa shape index (κ3) is 3.76. The van der Waals surface area contributed by atoms with Gasteiger partial charge in [-0.25, -0.2) is 0 Å². The molecule has 0 aliphatic heterocycles. The third-order valence-corrected chi connectivity index (χ3v) is 3.68. The summed E-state index contributed by atoms with van der Waals surface area (Å²) in [6.07, 6.45) is 2.40. The van der Waals surface area contributed by atoms with E-state index in [0.717, 1.165) is 0 Å². The van der Waals surface area contributed by atoms with Crippen LogP contribution in [0.5, 0.6) is 0 Å². The first kappa shape index (κ1) is 8.21. The maximum Gasteiger partial charge on any atom is 0.0765 e. The van der Waals surface area contributed by atoms with Gasteiger partial charge >= 0.3 is 0 Å². The quantitative estimate of drug-likeness (QED) is 0.536. The highest BCUT2D eigenvalue weighted by Gasteiger charge is 2.15. The van der Waals surface area contributed by atoms with Crippen LogP contribution < -0.4 is 0 Å². The predicted octanol–water partition coefficient (Wildman–Crippen LogP) is 3.33. The van der Waals surface area contributed by atoms with Crippen LogP contribution >= 0.6 is 38.5 Å². The molecule has 0 aromatic heterocycles. The molecule has 0 aliphatic carbocycles. The fourth-order valence-corrected chi connectivity index (χ4v) is 0.250. The average molecular weight is 277 g/mol. The highest BCUT2D eigenvalue weighted by molar-refractivity contribution is 14.1. The van der Waals surface area contributed by atoms with Crippen LogP contribution in [0.15, 0.2) is 0 Å². The maximum atomic E-state index is 3.57. The summed E-state index contributed by atoms with van der Waals surface area (Å²) in [5.41, 5.74) is 0. The van der Waals surface area contributed by atoms with Crippen molar-refractivity contribution in [2.24, 2.45) is 0 Å². The first-order valence-corrected chi connectivity index (χ1v) is 4.37. The zero-order valence-corrected chi connectivity index (χ0v) is 8.41. The number of halogens is 2. The van der Waals surface area contributed by atoms with Gasteiger partial charge in [-0.3, -0.25) is 0 Å². The average Bonchev–Trinajstić information content (AvgIpc) is 1.68. The molecule has 0 radical (unpaired) electrons. The summed E-state index contributed by atoms with van der Waals surface area (Å²) in [6, 6.07) is 0. The van der Waals surface area contributed by atoms with E-state index in [1.807, 2.05) is 0 Å². The molecule has 0 aromatic rings. The van der Waals surface area contributed by atoms with Crippen LogP contribution in [0.3, 0.4) is 0 Å². The largest absolute Gasteiger partial charge is 0.0765 e. The van der Waals surface area contributed by atoms with E-state index in [-0.39, 0.29) is 0 Å². The first-order valence-electron chi connectivity index (χ1n) is 2.50. The van der Waals surface area contributed by atoms with Gasteiger partial charge in [-0.2, -0.15) is 0 Å². The molecular weight excluding hydrogens is 267 g/mol. The molecule has 0 aromatic carbocycles. The normalized spacial score (nSPS) is 12.0. The molecule has 0 nitrogen and oxygen atoms in total. The van der Waals surface area contributed by atoms with Gasteiger partial charge in [0.25, 0.3) is 0 Å². The van der Waals surface area contributed by atoms with E-state index in [1.54, 1.807) is 0 Å². The molecule has 0 fully saturated rings. The molecule has 0 amide bonds. The molecule has 0 saturated heterocycles. The Hall–Kier alpha value is 1.21.